The first kappa shape index (κ1) is 9.28. The van der Waals surface area contributed by atoms with Crippen molar-refractivity contribution in [2.45, 2.75) is 6.42 Å². The summed E-state index contributed by atoms with van der Waals surface area (Å²) in [7, 11) is 0. The van der Waals surface area contributed by atoms with E-state index in [-0.39, 0.29) is 0 Å². The second-order valence-electron chi connectivity index (χ2n) is 2.93. The third kappa shape index (κ3) is 3.06. The standard InChI is InChI=1S/C7H16N4O/c8-7(10-12)1-4-11-5-2-9-3-6-11/h9,12H,1-6H2,(H2,8,10). The fourth-order valence-electron chi connectivity index (χ4n) is 1.26. The number of rotatable bonds is 3. The second kappa shape index (κ2) is 4.95. The minimum atomic E-state index is 0.313. The van der Waals surface area contributed by atoms with Gasteiger partial charge in [-0.1, -0.05) is 5.16 Å². The van der Waals surface area contributed by atoms with E-state index in [1.54, 1.807) is 0 Å². The summed E-state index contributed by atoms with van der Waals surface area (Å²) < 4.78 is 0. The van der Waals surface area contributed by atoms with Crippen LogP contribution in [0, 0.1) is 0 Å². The van der Waals surface area contributed by atoms with Crippen molar-refractivity contribution in [2.24, 2.45) is 10.9 Å². The van der Waals surface area contributed by atoms with E-state index in [1.807, 2.05) is 0 Å². The van der Waals surface area contributed by atoms with Crippen molar-refractivity contribution >= 4 is 5.84 Å². The molecule has 0 aromatic heterocycles. The molecule has 1 saturated heterocycles. The Hall–Kier alpha value is -0.810. The van der Waals surface area contributed by atoms with Gasteiger partial charge in [0.15, 0.2) is 0 Å². The number of nitrogens with two attached hydrogens (primary N) is 1. The third-order valence-corrected chi connectivity index (χ3v) is 2.02. The Kier molecular flexibility index (Phi) is 3.83. The smallest absolute Gasteiger partial charge is 0.140 e. The SMILES string of the molecule is N/C(CCN1CCNCC1)=N\O. The molecule has 0 amide bonds. The van der Waals surface area contributed by atoms with Crippen LogP contribution in [0.2, 0.25) is 0 Å². The van der Waals surface area contributed by atoms with Crippen molar-refractivity contribution in [3.8, 4) is 0 Å². The Bertz CT molecular complexity index is 153. The molecular formula is C7H16N4O. The molecule has 4 N–H and O–H groups in total. The molecule has 1 heterocycles. The molecule has 0 unspecified atom stereocenters. The first-order valence-corrected chi connectivity index (χ1v) is 4.22. The maximum Gasteiger partial charge on any atom is 0.140 e. The topological polar surface area (TPSA) is 73.9 Å². The van der Waals surface area contributed by atoms with Crippen LogP contribution in [-0.4, -0.2) is 48.7 Å². The highest BCUT2D eigenvalue weighted by Crippen LogP contribution is 1.93. The molecule has 1 rings (SSSR count). The van der Waals surface area contributed by atoms with Crippen molar-refractivity contribution in [1.82, 2.24) is 10.2 Å². The van der Waals surface area contributed by atoms with Gasteiger partial charge in [-0.2, -0.15) is 0 Å². The van der Waals surface area contributed by atoms with Gasteiger partial charge >= 0.3 is 0 Å². The molecule has 0 aliphatic carbocycles. The average molecular weight is 172 g/mol. The maximum absolute atomic E-state index is 8.30. The van der Waals surface area contributed by atoms with E-state index in [0.717, 1.165) is 32.7 Å². The molecule has 0 saturated carbocycles. The lowest BCUT2D eigenvalue weighted by atomic mass is 10.3. The molecule has 1 fully saturated rings. The fourth-order valence-corrected chi connectivity index (χ4v) is 1.26. The number of piperazine rings is 1. The molecule has 5 heteroatoms. The van der Waals surface area contributed by atoms with Crippen LogP contribution in [0.5, 0.6) is 0 Å². The van der Waals surface area contributed by atoms with Gasteiger partial charge in [-0.3, -0.25) is 0 Å². The van der Waals surface area contributed by atoms with Gasteiger partial charge in [0.05, 0.1) is 0 Å². The second-order valence-corrected chi connectivity index (χ2v) is 2.93. The summed E-state index contributed by atoms with van der Waals surface area (Å²) in [6.07, 6.45) is 0.649. The number of hydrogen-bond donors (Lipinski definition) is 3. The van der Waals surface area contributed by atoms with Crippen molar-refractivity contribution in [2.75, 3.05) is 32.7 Å². The van der Waals surface area contributed by atoms with Gasteiger partial charge in [-0.05, 0) is 0 Å². The predicted molar refractivity (Wildman–Crippen MR) is 47.3 cm³/mol. The Labute approximate surface area is 72.2 Å². The van der Waals surface area contributed by atoms with Crippen LogP contribution in [-0.2, 0) is 0 Å². The average Bonchev–Trinajstić information content (AvgIpc) is 2.16. The first-order chi connectivity index (χ1) is 5.83. The van der Waals surface area contributed by atoms with E-state index in [1.165, 1.54) is 0 Å². The van der Waals surface area contributed by atoms with Crippen LogP contribution in [0.15, 0.2) is 5.16 Å². The third-order valence-electron chi connectivity index (χ3n) is 2.02. The minimum Gasteiger partial charge on any atom is -0.409 e. The van der Waals surface area contributed by atoms with Crippen LogP contribution in [0.3, 0.4) is 0 Å². The van der Waals surface area contributed by atoms with E-state index in [4.69, 9.17) is 10.9 Å². The summed E-state index contributed by atoms with van der Waals surface area (Å²) in [5, 5.41) is 14.5. The largest absolute Gasteiger partial charge is 0.409 e. The van der Waals surface area contributed by atoms with Crippen LogP contribution in [0.4, 0.5) is 0 Å². The van der Waals surface area contributed by atoms with Crippen molar-refractivity contribution < 1.29 is 5.21 Å². The summed E-state index contributed by atoms with van der Waals surface area (Å²) in [4.78, 5) is 2.30. The van der Waals surface area contributed by atoms with Gasteiger partial charge < -0.3 is 21.2 Å². The van der Waals surface area contributed by atoms with E-state index in [0.29, 0.717) is 12.3 Å². The van der Waals surface area contributed by atoms with Gasteiger partial charge in [0.2, 0.25) is 0 Å². The monoisotopic (exact) mass is 172 g/mol. The molecule has 70 valence electrons. The highest BCUT2D eigenvalue weighted by atomic mass is 16.4. The number of oxime groups is 1. The molecule has 0 spiro atoms. The summed E-state index contributed by atoms with van der Waals surface area (Å²) >= 11 is 0. The number of nitrogens with zero attached hydrogens (tertiary/aromatic N) is 2. The predicted octanol–water partition coefficient (Wildman–Crippen LogP) is -0.972. The van der Waals surface area contributed by atoms with Crippen LogP contribution in [0.1, 0.15) is 6.42 Å². The first-order valence-electron chi connectivity index (χ1n) is 4.22. The van der Waals surface area contributed by atoms with Crippen molar-refractivity contribution in [3.05, 3.63) is 0 Å². The molecule has 0 aromatic carbocycles. The highest BCUT2D eigenvalue weighted by Gasteiger charge is 2.08. The minimum absolute atomic E-state index is 0.313. The Balaban J connectivity index is 2.13. The van der Waals surface area contributed by atoms with Crippen molar-refractivity contribution in [1.29, 1.82) is 0 Å². The molecular weight excluding hydrogens is 156 g/mol. The van der Waals surface area contributed by atoms with Crippen molar-refractivity contribution in [3.63, 3.8) is 0 Å². The molecule has 0 bridgehead atoms. The van der Waals surface area contributed by atoms with Gasteiger partial charge in [0, 0.05) is 39.1 Å². The zero-order chi connectivity index (χ0) is 8.81. The van der Waals surface area contributed by atoms with Gasteiger partial charge in [0.25, 0.3) is 0 Å². The zero-order valence-corrected chi connectivity index (χ0v) is 7.16. The quantitative estimate of drug-likeness (QED) is 0.221. The summed E-state index contributed by atoms with van der Waals surface area (Å²) in [6.45, 7) is 5.07. The zero-order valence-electron chi connectivity index (χ0n) is 7.16. The molecule has 5 nitrogen and oxygen atoms in total. The van der Waals surface area contributed by atoms with Crippen LogP contribution < -0.4 is 11.1 Å². The van der Waals surface area contributed by atoms with E-state index in [2.05, 4.69) is 15.4 Å². The summed E-state index contributed by atoms with van der Waals surface area (Å²) in [6, 6.07) is 0. The van der Waals surface area contributed by atoms with Gasteiger partial charge in [-0.15, -0.1) is 0 Å². The lowest BCUT2D eigenvalue weighted by Gasteiger charge is -2.26. The molecule has 12 heavy (non-hydrogen) atoms. The molecule has 0 aromatic rings. The highest BCUT2D eigenvalue weighted by molar-refractivity contribution is 5.79. The lowest BCUT2D eigenvalue weighted by molar-refractivity contribution is 0.245. The van der Waals surface area contributed by atoms with E-state index < -0.39 is 0 Å². The normalized spacial score (nSPS) is 21.2. The van der Waals surface area contributed by atoms with Gasteiger partial charge in [-0.25, -0.2) is 0 Å². The summed E-state index contributed by atoms with van der Waals surface area (Å²) in [5.41, 5.74) is 5.35. The van der Waals surface area contributed by atoms with Crippen LogP contribution >= 0.6 is 0 Å². The number of amidine groups is 1. The van der Waals surface area contributed by atoms with E-state index >= 15 is 0 Å². The Morgan fingerprint density at radius 1 is 1.50 bits per heavy atom. The molecule has 0 atom stereocenters. The Morgan fingerprint density at radius 2 is 2.17 bits per heavy atom. The molecule has 0 radical (unpaired) electrons. The lowest BCUT2D eigenvalue weighted by Crippen LogP contribution is -2.44. The molecule has 1 aliphatic rings. The van der Waals surface area contributed by atoms with E-state index in [9.17, 15) is 0 Å². The van der Waals surface area contributed by atoms with Gasteiger partial charge in [0.1, 0.15) is 5.84 Å². The molecule has 1 aliphatic heterocycles. The summed E-state index contributed by atoms with van der Waals surface area (Å²) in [5.74, 6) is 0.313. The maximum atomic E-state index is 8.30. The fraction of sp³-hybridized carbons (Fsp3) is 0.857. The Morgan fingerprint density at radius 3 is 2.75 bits per heavy atom. The number of nitrogens with one attached hydrogen (secondary N) is 1. The number of hydrogen-bond acceptors (Lipinski definition) is 4. The van der Waals surface area contributed by atoms with Crippen LogP contribution in [0.25, 0.3) is 0 Å².